The zero-order valence-corrected chi connectivity index (χ0v) is 15.8. The minimum Gasteiger partial charge on any atom is -0.493 e. The maximum Gasteiger partial charge on any atom is 0.332 e. The van der Waals surface area contributed by atoms with Crippen LogP contribution in [0.15, 0.2) is 40.9 Å². The molecule has 2 atom stereocenters. The average Bonchev–Trinajstić information content (AvgIpc) is 3.23. The van der Waals surface area contributed by atoms with E-state index in [4.69, 9.17) is 0 Å². The van der Waals surface area contributed by atoms with Gasteiger partial charge in [0.05, 0.1) is 18.4 Å². The number of aromatic hydroxyl groups is 1. The highest BCUT2D eigenvalue weighted by atomic mass is 32.1. The van der Waals surface area contributed by atoms with Gasteiger partial charge in [-0.25, -0.2) is 14.6 Å². The van der Waals surface area contributed by atoms with Gasteiger partial charge in [-0.1, -0.05) is 20.3 Å². The highest BCUT2D eigenvalue weighted by Crippen LogP contribution is 2.25. The lowest BCUT2D eigenvalue weighted by atomic mass is 9.99. The van der Waals surface area contributed by atoms with Crippen molar-refractivity contribution in [3.63, 3.8) is 0 Å². The van der Waals surface area contributed by atoms with Gasteiger partial charge < -0.3 is 10.2 Å². The van der Waals surface area contributed by atoms with Crippen LogP contribution < -0.4 is 5.69 Å². The Hall–Kier alpha value is -2.94. The standard InChI is InChI=1S/C18H20N4O4S/c1-3-11(2)15(17(24)25)22-9-14(23)21(18(22)26)8-13-10-27-16(20-13)12-5-4-6-19-7-12/h4-7,9-11,15,23H,3,8H2,1-2H3,(H,24,25)/t11-,15-/m0/s1. The SMILES string of the molecule is CC[C@H](C)[C@@H](C(=O)O)n1cc(O)n(Cc2csc(-c3cccnc3)n2)c1=O. The van der Waals surface area contributed by atoms with Gasteiger partial charge in [-0.05, 0) is 18.1 Å². The fourth-order valence-electron chi connectivity index (χ4n) is 2.86. The first kappa shape index (κ1) is 18.8. The van der Waals surface area contributed by atoms with Gasteiger partial charge in [-0.2, -0.15) is 0 Å². The van der Waals surface area contributed by atoms with Crippen molar-refractivity contribution in [2.45, 2.75) is 32.9 Å². The summed E-state index contributed by atoms with van der Waals surface area (Å²) in [5, 5.41) is 22.3. The van der Waals surface area contributed by atoms with Gasteiger partial charge >= 0.3 is 11.7 Å². The number of hydrogen-bond donors (Lipinski definition) is 2. The van der Waals surface area contributed by atoms with E-state index >= 15 is 0 Å². The second-order valence-corrected chi connectivity index (χ2v) is 7.18. The minimum absolute atomic E-state index is 0.0568. The van der Waals surface area contributed by atoms with Gasteiger partial charge in [0.15, 0.2) is 0 Å². The summed E-state index contributed by atoms with van der Waals surface area (Å²) in [6, 6.07) is 2.67. The molecular weight excluding hydrogens is 368 g/mol. The third-order valence-electron chi connectivity index (χ3n) is 4.50. The Morgan fingerprint density at radius 3 is 2.81 bits per heavy atom. The van der Waals surface area contributed by atoms with Gasteiger partial charge in [0, 0.05) is 23.3 Å². The first-order valence-electron chi connectivity index (χ1n) is 8.50. The predicted molar refractivity (Wildman–Crippen MR) is 101 cm³/mol. The maximum atomic E-state index is 12.7. The number of carbonyl (C=O) groups is 1. The number of pyridine rings is 1. The summed E-state index contributed by atoms with van der Waals surface area (Å²) >= 11 is 1.41. The molecule has 0 unspecified atom stereocenters. The molecule has 0 aliphatic carbocycles. The Balaban J connectivity index is 1.91. The Labute approximate surface area is 159 Å². The number of carboxylic acid groups (broad SMARTS) is 1. The van der Waals surface area contributed by atoms with E-state index in [1.165, 1.54) is 17.5 Å². The topological polar surface area (TPSA) is 110 Å². The molecular formula is C18H20N4O4S. The average molecular weight is 388 g/mol. The lowest BCUT2D eigenvalue weighted by Gasteiger charge is -2.18. The number of carboxylic acids is 1. The number of thiazole rings is 1. The molecule has 3 aromatic rings. The van der Waals surface area contributed by atoms with Crippen molar-refractivity contribution in [1.82, 2.24) is 19.1 Å². The van der Waals surface area contributed by atoms with Crippen molar-refractivity contribution in [2.75, 3.05) is 0 Å². The lowest BCUT2D eigenvalue weighted by Crippen LogP contribution is -2.34. The van der Waals surface area contributed by atoms with Crippen molar-refractivity contribution in [3.8, 4) is 16.5 Å². The molecule has 0 aliphatic rings. The van der Waals surface area contributed by atoms with Crippen LogP contribution in [0.3, 0.4) is 0 Å². The first-order chi connectivity index (χ1) is 12.9. The van der Waals surface area contributed by atoms with Crippen molar-refractivity contribution in [3.05, 3.63) is 52.3 Å². The molecule has 0 fully saturated rings. The van der Waals surface area contributed by atoms with Crippen LogP contribution in [0.25, 0.3) is 10.6 Å². The molecule has 0 saturated heterocycles. The monoisotopic (exact) mass is 388 g/mol. The number of aliphatic carboxylic acids is 1. The van der Waals surface area contributed by atoms with Crippen LogP contribution in [0.2, 0.25) is 0 Å². The van der Waals surface area contributed by atoms with Crippen molar-refractivity contribution in [1.29, 1.82) is 0 Å². The molecule has 27 heavy (non-hydrogen) atoms. The number of rotatable bonds is 7. The number of nitrogens with zero attached hydrogens (tertiary/aromatic N) is 4. The van der Waals surface area contributed by atoms with Gasteiger partial charge in [0.2, 0.25) is 5.88 Å². The zero-order valence-electron chi connectivity index (χ0n) is 14.9. The first-order valence-corrected chi connectivity index (χ1v) is 9.38. The van der Waals surface area contributed by atoms with Crippen molar-refractivity contribution < 1.29 is 15.0 Å². The Morgan fingerprint density at radius 1 is 1.41 bits per heavy atom. The summed E-state index contributed by atoms with van der Waals surface area (Å²) in [5.41, 5.74) is 0.895. The van der Waals surface area contributed by atoms with E-state index in [1.54, 1.807) is 24.7 Å². The number of aromatic nitrogens is 4. The summed E-state index contributed by atoms with van der Waals surface area (Å²) in [6.07, 6.45) is 5.15. The highest BCUT2D eigenvalue weighted by molar-refractivity contribution is 7.13. The molecule has 142 valence electrons. The fourth-order valence-corrected chi connectivity index (χ4v) is 3.66. The van der Waals surface area contributed by atoms with Crippen LogP contribution in [-0.4, -0.2) is 35.3 Å². The molecule has 2 N–H and O–H groups in total. The molecule has 0 aliphatic heterocycles. The second-order valence-electron chi connectivity index (χ2n) is 6.32. The van der Waals surface area contributed by atoms with Gasteiger partial charge in [-0.15, -0.1) is 11.3 Å². The largest absolute Gasteiger partial charge is 0.493 e. The molecule has 3 aromatic heterocycles. The molecule has 0 bridgehead atoms. The van der Waals surface area contributed by atoms with Gasteiger partial charge in [0.25, 0.3) is 0 Å². The third kappa shape index (κ3) is 3.77. The van der Waals surface area contributed by atoms with Crippen LogP contribution in [0, 0.1) is 5.92 Å². The molecule has 0 aromatic carbocycles. The van der Waals surface area contributed by atoms with Gasteiger partial charge in [0.1, 0.15) is 11.0 Å². The van der Waals surface area contributed by atoms with E-state index in [-0.39, 0.29) is 18.3 Å². The predicted octanol–water partition coefficient (Wildman–Crippen LogP) is 2.59. The van der Waals surface area contributed by atoms with Crippen LogP contribution in [-0.2, 0) is 11.3 Å². The molecule has 3 rings (SSSR count). The molecule has 0 spiro atoms. The van der Waals surface area contributed by atoms with Crippen molar-refractivity contribution in [2.24, 2.45) is 5.92 Å². The summed E-state index contributed by atoms with van der Waals surface area (Å²) in [4.78, 5) is 32.9. The summed E-state index contributed by atoms with van der Waals surface area (Å²) < 4.78 is 2.21. The molecule has 9 heteroatoms. The van der Waals surface area contributed by atoms with Crippen LogP contribution in [0.5, 0.6) is 5.88 Å². The Kier molecular flexibility index (Phi) is 5.41. The van der Waals surface area contributed by atoms with Crippen LogP contribution in [0.1, 0.15) is 32.0 Å². The molecule has 0 radical (unpaired) electrons. The normalized spacial score (nSPS) is 13.4. The minimum atomic E-state index is -1.10. The summed E-state index contributed by atoms with van der Waals surface area (Å²) in [6.45, 7) is 3.68. The Bertz CT molecular complexity index is 992. The fraction of sp³-hybridized carbons (Fsp3) is 0.333. The van der Waals surface area contributed by atoms with E-state index in [0.29, 0.717) is 12.1 Å². The quantitative estimate of drug-likeness (QED) is 0.644. The molecule has 8 nitrogen and oxygen atoms in total. The second kappa shape index (κ2) is 7.75. The summed E-state index contributed by atoms with van der Waals surface area (Å²) in [7, 11) is 0. The highest BCUT2D eigenvalue weighted by Gasteiger charge is 2.29. The van der Waals surface area contributed by atoms with E-state index in [0.717, 1.165) is 19.7 Å². The van der Waals surface area contributed by atoms with Gasteiger partial charge in [-0.3, -0.25) is 14.1 Å². The molecule has 0 amide bonds. The van der Waals surface area contributed by atoms with E-state index in [2.05, 4.69) is 9.97 Å². The Morgan fingerprint density at radius 2 is 2.19 bits per heavy atom. The van der Waals surface area contributed by atoms with E-state index in [9.17, 15) is 19.8 Å². The van der Waals surface area contributed by atoms with E-state index < -0.39 is 17.7 Å². The third-order valence-corrected chi connectivity index (χ3v) is 5.44. The summed E-state index contributed by atoms with van der Waals surface area (Å²) in [5.74, 6) is -1.64. The van der Waals surface area contributed by atoms with Crippen molar-refractivity contribution >= 4 is 17.3 Å². The maximum absolute atomic E-state index is 12.7. The zero-order chi connectivity index (χ0) is 19.6. The smallest absolute Gasteiger partial charge is 0.332 e. The number of hydrogen-bond acceptors (Lipinski definition) is 6. The van der Waals surface area contributed by atoms with E-state index in [1.807, 2.05) is 19.1 Å². The van der Waals surface area contributed by atoms with Crippen LogP contribution >= 0.6 is 11.3 Å². The van der Waals surface area contributed by atoms with Crippen LogP contribution in [0.4, 0.5) is 0 Å². The molecule has 3 heterocycles. The number of imidazole rings is 1. The lowest BCUT2D eigenvalue weighted by molar-refractivity contribution is -0.142. The molecule has 0 saturated carbocycles.